The van der Waals surface area contributed by atoms with E-state index >= 15 is 0 Å². The highest BCUT2D eigenvalue weighted by molar-refractivity contribution is 7.99. The van der Waals surface area contributed by atoms with Crippen molar-refractivity contribution in [3.63, 3.8) is 0 Å². The van der Waals surface area contributed by atoms with E-state index in [4.69, 9.17) is 39.5 Å². The molecule has 1 N–H and O–H groups in total. The number of nitrogens with zero attached hydrogens (tertiary/aromatic N) is 3. The Morgan fingerprint density at radius 1 is 1.06 bits per heavy atom. The van der Waals surface area contributed by atoms with Crippen LogP contribution in [0.2, 0.25) is 15.1 Å². The molecule has 0 saturated heterocycles. The van der Waals surface area contributed by atoms with E-state index in [2.05, 4.69) is 21.6 Å². The Kier molecular flexibility index (Phi) is 8.33. The number of aryl methyl sites for hydroxylation is 2. The summed E-state index contributed by atoms with van der Waals surface area (Å²) >= 11 is 19.3. The maximum atomic E-state index is 12.4. The third kappa shape index (κ3) is 6.10. The van der Waals surface area contributed by atoms with Gasteiger partial charge in [0, 0.05) is 6.54 Å². The summed E-state index contributed by atoms with van der Waals surface area (Å²) in [5.74, 6) is 1.36. The summed E-state index contributed by atoms with van der Waals surface area (Å²) in [4.78, 5) is 12.4. The van der Waals surface area contributed by atoms with E-state index in [1.165, 1.54) is 23.9 Å². The van der Waals surface area contributed by atoms with Gasteiger partial charge in [0.2, 0.25) is 5.91 Å². The summed E-state index contributed by atoms with van der Waals surface area (Å²) in [6.07, 6.45) is -0.304. The number of hydrogen-bond donors (Lipinski definition) is 1. The molecule has 0 saturated carbocycles. The summed E-state index contributed by atoms with van der Waals surface area (Å²) < 4.78 is 8.05. The standard InChI is InChI=1S/C22H23Cl3N4O2S/c1-5-29-21(14(4)31-15-7-12(2)6-13(3)8-15)27-28-22(29)32-11-20(30)26-19-10-17(24)16(23)9-18(19)25/h6-10,14H,5,11H2,1-4H3,(H,26,30). The number of nitrogens with one attached hydrogen (secondary N) is 1. The van der Waals surface area contributed by atoms with Crippen LogP contribution >= 0.6 is 46.6 Å². The van der Waals surface area contributed by atoms with Crippen molar-refractivity contribution < 1.29 is 9.53 Å². The highest BCUT2D eigenvalue weighted by Gasteiger charge is 2.20. The first-order chi connectivity index (χ1) is 15.2. The van der Waals surface area contributed by atoms with Crippen LogP contribution in [0.15, 0.2) is 35.5 Å². The highest BCUT2D eigenvalue weighted by Crippen LogP contribution is 2.32. The molecule has 0 aliphatic carbocycles. The molecular formula is C22H23Cl3N4O2S. The van der Waals surface area contributed by atoms with Gasteiger partial charge in [-0.2, -0.15) is 0 Å². The first-order valence-electron chi connectivity index (χ1n) is 9.93. The van der Waals surface area contributed by atoms with E-state index in [1.807, 2.05) is 44.4 Å². The van der Waals surface area contributed by atoms with Gasteiger partial charge in [-0.25, -0.2) is 0 Å². The number of aromatic nitrogens is 3. The van der Waals surface area contributed by atoms with Crippen molar-refractivity contribution in [1.82, 2.24) is 14.8 Å². The zero-order chi connectivity index (χ0) is 23.4. The quantitative estimate of drug-likeness (QED) is 0.267. The predicted molar refractivity (Wildman–Crippen MR) is 131 cm³/mol. The Morgan fingerprint density at radius 2 is 1.72 bits per heavy atom. The average molecular weight is 514 g/mol. The van der Waals surface area contributed by atoms with Crippen LogP contribution in [0.3, 0.4) is 0 Å². The van der Waals surface area contributed by atoms with Gasteiger partial charge in [-0.05, 0) is 63.1 Å². The third-order valence-corrected chi connectivity index (χ3v) is 6.55. The SMILES string of the molecule is CCn1c(SCC(=O)Nc2cc(Cl)c(Cl)cc2Cl)nnc1C(C)Oc1cc(C)cc(C)c1. The Labute approximate surface area is 206 Å². The van der Waals surface area contributed by atoms with Crippen LogP contribution in [0.4, 0.5) is 5.69 Å². The Balaban J connectivity index is 1.66. The second-order valence-corrected chi connectivity index (χ2v) is 9.42. The molecule has 0 radical (unpaired) electrons. The van der Waals surface area contributed by atoms with Crippen LogP contribution < -0.4 is 10.1 Å². The van der Waals surface area contributed by atoms with E-state index in [-0.39, 0.29) is 17.8 Å². The van der Waals surface area contributed by atoms with E-state index in [0.29, 0.717) is 38.3 Å². The van der Waals surface area contributed by atoms with Gasteiger partial charge >= 0.3 is 0 Å². The van der Waals surface area contributed by atoms with Crippen LogP contribution in [0.25, 0.3) is 0 Å². The van der Waals surface area contributed by atoms with Crippen LogP contribution in [0, 0.1) is 13.8 Å². The molecular weight excluding hydrogens is 491 g/mol. The fraction of sp³-hybridized carbons (Fsp3) is 0.318. The minimum absolute atomic E-state index is 0.126. The van der Waals surface area contributed by atoms with Crippen molar-refractivity contribution in [1.29, 1.82) is 0 Å². The van der Waals surface area contributed by atoms with Crippen LogP contribution in [-0.4, -0.2) is 26.4 Å². The van der Waals surface area contributed by atoms with Crippen LogP contribution in [0.5, 0.6) is 5.75 Å². The zero-order valence-electron chi connectivity index (χ0n) is 18.1. The fourth-order valence-electron chi connectivity index (χ4n) is 3.20. The normalized spacial score (nSPS) is 12.0. The summed E-state index contributed by atoms with van der Waals surface area (Å²) in [5.41, 5.74) is 2.67. The van der Waals surface area contributed by atoms with Crippen molar-refractivity contribution in [3.05, 3.63) is 62.4 Å². The van der Waals surface area contributed by atoms with Gasteiger partial charge in [0.25, 0.3) is 0 Å². The second kappa shape index (κ2) is 10.8. The van der Waals surface area contributed by atoms with Gasteiger partial charge in [-0.1, -0.05) is 52.6 Å². The largest absolute Gasteiger partial charge is 0.483 e. The minimum atomic E-state index is -0.304. The number of thioether (sulfide) groups is 1. The number of amides is 1. The number of halogens is 3. The smallest absolute Gasteiger partial charge is 0.234 e. The number of hydrogen-bond acceptors (Lipinski definition) is 5. The number of carbonyl (C=O) groups excluding carboxylic acids is 1. The first kappa shape index (κ1) is 24.7. The number of anilines is 1. The lowest BCUT2D eigenvalue weighted by Crippen LogP contribution is -2.15. The van der Waals surface area contributed by atoms with Gasteiger partial charge in [-0.3, -0.25) is 4.79 Å². The Bertz CT molecular complexity index is 1120. The molecule has 170 valence electrons. The molecule has 3 aromatic rings. The number of rotatable bonds is 8. The van der Waals surface area contributed by atoms with Crippen molar-refractivity contribution in [2.24, 2.45) is 0 Å². The monoisotopic (exact) mass is 512 g/mol. The molecule has 2 aromatic carbocycles. The van der Waals surface area contributed by atoms with Gasteiger partial charge in [-0.15, -0.1) is 10.2 Å². The van der Waals surface area contributed by atoms with Gasteiger partial charge in [0.15, 0.2) is 17.1 Å². The molecule has 1 unspecified atom stereocenters. The maximum Gasteiger partial charge on any atom is 0.234 e. The van der Waals surface area contributed by atoms with Gasteiger partial charge in [0.1, 0.15) is 5.75 Å². The van der Waals surface area contributed by atoms with E-state index in [9.17, 15) is 4.79 Å². The Hall–Kier alpha value is -1.93. The number of carbonyl (C=O) groups is 1. The molecule has 10 heteroatoms. The van der Waals surface area contributed by atoms with Crippen molar-refractivity contribution in [2.45, 2.75) is 45.5 Å². The highest BCUT2D eigenvalue weighted by atomic mass is 35.5. The second-order valence-electron chi connectivity index (χ2n) is 7.25. The molecule has 0 fully saturated rings. The lowest BCUT2D eigenvalue weighted by Gasteiger charge is -2.16. The van der Waals surface area contributed by atoms with E-state index < -0.39 is 0 Å². The minimum Gasteiger partial charge on any atom is -0.483 e. The van der Waals surface area contributed by atoms with Crippen molar-refractivity contribution >= 4 is 58.2 Å². The molecule has 6 nitrogen and oxygen atoms in total. The maximum absolute atomic E-state index is 12.4. The first-order valence-corrected chi connectivity index (χ1v) is 12.0. The summed E-state index contributed by atoms with van der Waals surface area (Å²) in [7, 11) is 0. The molecule has 1 aromatic heterocycles. The molecule has 0 spiro atoms. The molecule has 0 aliphatic rings. The van der Waals surface area contributed by atoms with Crippen LogP contribution in [0.1, 0.15) is 36.9 Å². The average Bonchev–Trinajstić information content (AvgIpc) is 3.12. The molecule has 32 heavy (non-hydrogen) atoms. The Morgan fingerprint density at radius 3 is 2.38 bits per heavy atom. The van der Waals surface area contributed by atoms with Crippen LogP contribution in [-0.2, 0) is 11.3 Å². The summed E-state index contributed by atoms with van der Waals surface area (Å²) in [6.45, 7) is 8.64. The van der Waals surface area contributed by atoms with Gasteiger partial charge in [0.05, 0.1) is 26.5 Å². The molecule has 1 atom stereocenters. The molecule has 0 aliphatic heterocycles. The third-order valence-electron chi connectivity index (χ3n) is 4.55. The topological polar surface area (TPSA) is 69.0 Å². The van der Waals surface area contributed by atoms with E-state index in [1.54, 1.807) is 0 Å². The predicted octanol–water partition coefficient (Wildman–Crippen LogP) is 6.75. The number of ether oxygens (including phenoxy) is 1. The lowest BCUT2D eigenvalue weighted by molar-refractivity contribution is -0.113. The molecule has 3 rings (SSSR count). The lowest BCUT2D eigenvalue weighted by atomic mass is 10.1. The van der Waals surface area contributed by atoms with Gasteiger partial charge < -0.3 is 14.6 Å². The molecule has 0 bridgehead atoms. The number of benzene rings is 2. The summed E-state index contributed by atoms with van der Waals surface area (Å²) in [5, 5.41) is 12.9. The van der Waals surface area contributed by atoms with Crippen molar-refractivity contribution in [3.8, 4) is 5.75 Å². The zero-order valence-corrected chi connectivity index (χ0v) is 21.2. The molecule has 1 heterocycles. The van der Waals surface area contributed by atoms with E-state index in [0.717, 1.165) is 16.9 Å². The summed E-state index contributed by atoms with van der Waals surface area (Å²) in [6, 6.07) is 9.09. The molecule has 1 amide bonds. The fourth-order valence-corrected chi connectivity index (χ4v) is 4.60. The van der Waals surface area contributed by atoms with Crippen molar-refractivity contribution in [2.75, 3.05) is 11.1 Å².